The number of aromatic nitrogens is 1. The second-order valence-electron chi connectivity index (χ2n) is 9.86. The van der Waals surface area contributed by atoms with Gasteiger partial charge in [0.15, 0.2) is 0 Å². The number of halogens is 1. The van der Waals surface area contributed by atoms with Crippen LogP contribution in [-0.2, 0) is 9.59 Å². The summed E-state index contributed by atoms with van der Waals surface area (Å²) in [5.74, 6) is -0.202. The molecule has 2 aliphatic carbocycles. The van der Waals surface area contributed by atoms with Gasteiger partial charge in [-0.1, -0.05) is 52.8 Å². The third kappa shape index (κ3) is 2.77. The number of H-pyrrole nitrogens is 1. The minimum atomic E-state index is -0.291. The number of nitrogens with zero attached hydrogens (tertiary/aromatic N) is 1. The molecule has 3 aromatic rings. The zero-order valence-electron chi connectivity index (χ0n) is 18.2. The average molecular weight is 509 g/mol. The van der Waals surface area contributed by atoms with E-state index in [-0.39, 0.29) is 57.4 Å². The minimum Gasteiger partial charge on any atom is -0.307 e. The highest BCUT2D eigenvalue weighted by molar-refractivity contribution is 8.00. The Kier molecular flexibility index (Phi) is 4.52. The number of nitrogens with one attached hydrogen (secondary N) is 1. The average Bonchev–Trinajstić information content (AvgIpc) is 3.54. The van der Waals surface area contributed by atoms with Crippen molar-refractivity contribution in [3.8, 4) is 0 Å². The number of aromatic amines is 1. The van der Waals surface area contributed by atoms with Gasteiger partial charge in [0, 0.05) is 21.1 Å². The van der Waals surface area contributed by atoms with Crippen LogP contribution in [0.5, 0.6) is 0 Å². The zero-order chi connectivity index (χ0) is 23.3. The van der Waals surface area contributed by atoms with E-state index in [1.165, 1.54) is 27.4 Å². The van der Waals surface area contributed by atoms with E-state index in [4.69, 9.17) is 11.6 Å². The molecular weight excluding hydrogens is 488 g/mol. The Morgan fingerprint density at radius 1 is 0.941 bits per heavy atom. The molecule has 7 atom stereocenters. The van der Waals surface area contributed by atoms with Gasteiger partial charge in [-0.05, 0) is 60.9 Å². The van der Waals surface area contributed by atoms with E-state index < -0.39 is 0 Å². The van der Waals surface area contributed by atoms with Crippen LogP contribution in [0.3, 0.4) is 0 Å². The second-order valence-corrected chi connectivity index (χ2v) is 12.5. The van der Waals surface area contributed by atoms with Crippen LogP contribution >= 0.6 is 34.7 Å². The summed E-state index contributed by atoms with van der Waals surface area (Å²) >= 11 is 9.05. The fourth-order valence-electron chi connectivity index (χ4n) is 7.01. The molecule has 172 valence electrons. The molecule has 1 N–H and O–H groups in total. The lowest BCUT2D eigenvalue weighted by Crippen LogP contribution is -2.42. The Bertz CT molecular complexity index is 1400. The van der Waals surface area contributed by atoms with Gasteiger partial charge in [-0.15, -0.1) is 11.8 Å². The van der Waals surface area contributed by atoms with Crippen molar-refractivity contribution in [2.75, 3.05) is 4.90 Å². The molecule has 5 nitrogen and oxygen atoms in total. The number of amides is 2. The van der Waals surface area contributed by atoms with Crippen LogP contribution in [0.2, 0.25) is 5.02 Å². The SMILES string of the molecule is Cc1ccc([C@@H]2c3sc(=O)[nH]c3S[C@@H]3[C@H]4C[C@@H]([C@@H]5C(=O)N(c6ccc(Cl)cc6)C(=O)[C@@H]45)[C@@H]23)cc1. The van der Waals surface area contributed by atoms with Crippen LogP contribution in [0.1, 0.15) is 28.3 Å². The number of fused-ring (bicyclic) bond motifs is 9. The highest BCUT2D eigenvalue weighted by atomic mass is 35.5. The van der Waals surface area contributed by atoms with Gasteiger partial charge in [0.2, 0.25) is 11.8 Å². The molecule has 7 rings (SSSR count). The van der Waals surface area contributed by atoms with Crippen molar-refractivity contribution in [1.82, 2.24) is 4.98 Å². The molecule has 2 aliphatic heterocycles. The zero-order valence-corrected chi connectivity index (χ0v) is 20.6. The van der Waals surface area contributed by atoms with E-state index in [0.29, 0.717) is 10.7 Å². The fraction of sp³-hybridized carbons (Fsp3) is 0.346. The molecule has 0 unspecified atom stereocenters. The molecule has 3 heterocycles. The van der Waals surface area contributed by atoms with Crippen LogP contribution in [0, 0.1) is 36.5 Å². The molecule has 4 aliphatic rings. The minimum absolute atomic E-state index is 0.0387. The molecular formula is C26H21ClN2O3S2. The number of imide groups is 1. The molecule has 8 heteroatoms. The number of thiazole rings is 1. The summed E-state index contributed by atoms with van der Waals surface area (Å²) in [4.78, 5) is 45.1. The monoisotopic (exact) mass is 508 g/mol. The molecule has 2 saturated carbocycles. The molecule has 0 spiro atoms. The molecule has 2 amide bonds. The molecule has 0 radical (unpaired) electrons. The third-order valence-electron chi connectivity index (χ3n) is 8.25. The summed E-state index contributed by atoms with van der Waals surface area (Å²) in [5.41, 5.74) is 2.98. The van der Waals surface area contributed by atoms with E-state index >= 15 is 0 Å². The number of hydrogen-bond acceptors (Lipinski definition) is 5. The van der Waals surface area contributed by atoms with Crippen LogP contribution in [-0.4, -0.2) is 22.0 Å². The van der Waals surface area contributed by atoms with Crippen molar-refractivity contribution in [3.63, 3.8) is 0 Å². The maximum Gasteiger partial charge on any atom is 0.305 e. The molecule has 1 aromatic heterocycles. The Morgan fingerprint density at radius 3 is 2.32 bits per heavy atom. The first-order valence-corrected chi connectivity index (χ1v) is 13.6. The number of rotatable bonds is 2. The van der Waals surface area contributed by atoms with Crippen molar-refractivity contribution in [2.45, 2.75) is 29.5 Å². The predicted molar refractivity (Wildman–Crippen MR) is 134 cm³/mol. The first-order valence-electron chi connectivity index (χ1n) is 11.5. The van der Waals surface area contributed by atoms with Crippen LogP contribution in [0.4, 0.5) is 5.69 Å². The summed E-state index contributed by atoms with van der Waals surface area (Å²) < 4.78 is 0. The van der Waals surface area contributed by atoms with E-state index in [1.54, 1.807) is 36.0 Å². The van der Waals surface area contributed by atoms with Crippen LogP contribution in [0.15, 0.2) is 58.4 Å². The quantitative estimate of drug-likeness (QED) is 0.490. The first kappa shape index (κ1) is 21.0. The van der Waals surface area contributed by atoms with E-state index in [2.05, 4.69) is 36.2 Å². The van der Waals surface area contributed by atoms with E-state index in [0.717, 1.165) is 16.3 Å². The van der Waals surface area contributed by atoms with Crippen molar-refractivity contribution < 1.29 is 9.59 Å². The number of benzene rings is 2. The van der Waals surface area contributed by atoms with Gasteiger partial charge < -0.3 is 4.98 Å². The topological polar surface area (TPSA) is 70.2 Å². The number of hydrogen-bond donors (Lipinski definition) is 1. The van der Waals surface area contributed by atoms with Gasteiger partial charge in [-0.25, -0.2) is 0 Å². The fourth-order valence-corrected chi connectivity index (χ4v) is 10.0. The summed E-state index contributed by atoms with van der Waals surface area (Å²) in [7, 11) is 0. The summed E-state index contributed by atoms with van der Waals surface area (Å²) in [6, 6.07) is 15.5. The van der Waals surface area contributed by atoms with Crippen LogP contribution in [0.25, 0.3) is 0 Å². The Labute approximate surface area is 209 Å². The number of thioether (sulfide) groups is 1. The maximum atomic E-state index is 13.7. The van der Waals surface area contributed by atoms with Gasteiger partial charge >= 0.3 is 4.87 Å². The summed E-state index contributed by atoms with van der Waals surface area (Å²) in [5, 5.41) is 1.72. The highest BCUT2D eigenvalue weighted by Crippen LogP contribution is 2.68. The first-order chi connectivity index (χ1) is 16.4. The molecule has 1 saturated heterocycles. The standard InChI is InChI=1S/C26H21ClN2O3S2/c1-11-2-4-12(5-3-11)17-18-15-10-16(21(18)33-23-22(17)34-26(32)28-23)20-19(15)24(30)29(25(20)31)14-8-6-13(27)7-9-14/h2-9,15-21H,10H2,1H3,(H,28,32)/t15-,16+,17+,18+,19+,20+,21-/m1/s1. The number of anilines is 1. The summed E-state index contributed by atoms with van der Waals surface area (Å²) in [6.45, 7) is 2.07. The lowest BCUT2D eigenvalue weighted by molar-refractivity contribution is -0.123. The van der Waals surface area contributed by atoms with Gasteiger partial charge in [-0.3, -0.25) is 19.3 Å². The molecule has 34 heavy (non-hydrogen) atoms. The van der Waals surface area contributed by atoms with Gasteiger partial charge in [0.1, 0.15) is 0 Å². The van der Waals surface area contributed by atoms with Crippen molar-refractivity contribution in [2.24, 2.45) is 29.6 Å². The maximum absolute atomic E-state index is 13.7. The number of carbonyl (C=O) groups is 2. The lowest BCUT2D eigenvalue weighted by atomic mass is 9.68. The molecule has 2 bridgehead atoms. The Balaban J connectivity index is 1.32. The van der Waals surface area contributed by atoms with Crippen molar-refractivity contribution >= 4 is 52.2 Å². The van der Waals surface area contributed by atoms with Crippen molar-refractivity contribution in [3.05, 3.63) is 79.2 Å². The molecule has 3 fully saturated rings. The Morgan fingerprint density at radius 2 is 1.62 bits per heavy atom. The Hall–Kier alpha value is -2.35. The van der Waals surface area contributed by atoms with Gasteiger partial charge in [0.25, 0.3) is 0 Å². The van der Waals surface area contributed by atoms with E-state index in [1.807, 2.05) is 0 Å². The lowest BCUT2D eigenvalue weighted by Gasteiger charge is -2.43. The third-order valence-corrected chi connectivity index (χ3v) is 11.1. The number of carbonyl (C=O) groups excluding carboxylic acids is 2. The number of aryl methyl sites for hydroxylation is 1. The second kappa shape index (κ2) is 7.33. The molecule has 2 aromatic carbocycles. The van der Waals surface area contributed by atoms with Crippen molar-refractivity contribution in [1.29, 1.82) is 0 Å². The normalized spacial score (nSPS) is 33.2. The largest absolute Gasteiger partial charge is 0.307 e. The van der Waals surface area contributed by atoms with Gasteiger partial charge in [-0.2, -0.15) is 0 Å². The van der Waals surface area contributed by atoms with Crippen LogP contribution < -0.4 is 9.77 Å². The predicted octanol–water partition coefficient (Wildman–Crippen LogP) is 5.08. The highest BCUT2D eigenvalue weighted by Gasteiger charge is 2.69. The smallest absolute Gasteiger partial charge is 0.305 e. The van der Waals surface area contributed by atoms with Gasteiger partial charge in [0.05, 0.1) is 22.5 Å². The summed E-state index contributed by atoms with van der Waals surface area (Å²) in [6.07, 6.45) is 0.894. The van der Waals surface area contributed by atoms with E-state index in [9.17, 15) is 14.4 Å².